The van der Waals surface area contributed by atoms with Crippen LogP contribution in [0.4, 0.5) is 0 Å². The first-order valence-electron chi connectivity index (χ1n) is 12.2. The van der Waals surface area contributed by atoms with E-state index in [1.54, 1.807) is 32.1 Å². The third-order valence-corrected chi connectivity index (χ3v) is 7.83. The van der Waals surface area contributed by atoms with Gasteiger partial charge < -0.3 is 14.9 Å². The minimum absolute atomic E-state index is 0.0444. The SMILES string of the molecule is C/C1=C/C[C@H](/C(C)=C\c2csc(C)n2)OC(=O)C[C@H](O)C(C)(C)C(=O)[C@H](C)[C@@H](O)[C@@H](C)CCC1. The Balaban J connectivity index is 2.33. The highest BCUT2D eigenvalue weighted by molar-refractivity contribution is 7.09. The minimum atomic E-state index is -1.21. The molecule has 0 bridgehead atoms. The van der Waals surface area contributed by atoms with Gasteiger partial charge in [0.25, 0.3) is 0 Å². The highest BCUT2D eigenvalue weighted by atomic mass is 32.1. The first-order chi connectivity index (χ1) is 15.8. The number of thiazole rings is 1. The smallest absolute Gasteiger partial charge is 0.309 e. The molecule has 0 fully saturated rings. The Morgan fingerprint density at radius 1 is 1.24 bits per heavy atom. The van der Waals surface area contributed by atoms with E-state index in [4.69, 9.17) is 4.74 Å². The molecule has 1 aromatic rings. The van der Waals surface area contributed by atoms with Crippen molar-refractivity contribution in [2.45, 2.75) is 98.9 Å². The highest BCUT2D eigenvalue weighted by Gasteiger charge is 2.42. The number of ether oxygens (including phenoxy) is 1. The van der Waals surface area contributed by atoms with Crippen molar-refractivity contribution in [3.05, 3.63) is 33.3 Å². The number of carbonyl (C=O) groups is 2. The van der Waals surface area contributed by atoms with E-state index in [1.165, 1.54) is 5.57 Å². The first kappa shape index (κ1) is 28.4. The van der Waals surface area contributed by atoms with Gasteiger partial charge in [-0.1, -0.05) is 39.3 Å². The van der Waals surface area contributed by atoms with Crippen molar-refractivity contribution in [1.82, 2.24) is 4.98 Å². The molecule has 1 aliphatic rings. The molecule has 34 heavy (non-hydrogen) atoms. The maximum Gasteiger partial charge on any atom is 0.309 e. The second-order valence-corrected chi connectivity index (χ2v) is 11.5. The predicted molar refractivity (Wildman–Crippen MR) is 136 cm³/mol. The van der Waals surface area contributed by atoms with Crippen LogP contribution in [-0.4, -0.2) is 45.3 Å². The van der Waals surface area contributed by atoms with Gasteiger partial charge in [-0.15, -0.1) is 11.3 Å². The van der Waals surface area contributed by atoms with Crippen LogP contribution in [0.3, 0.4) is 0 Å². The van der Waals surface area contributed by atoms with Crippen LogP contribution >= 0.6 is 11.3 Å². The number of rotatable bonds is 2. The molecule has 0 aromatic carbocycles. The molecule has 2 heterocycles. The number of ketones is 1. The van der Waals surface area contributed by atoms with E-state index in [1.807, 2.05) is 32.2 Å². The number of esters is 1. The molecule has 0 spiro atoms. The molecule has 5 atom stereocenters. The number of Topliss-reactive ketones (excluding diaryl/α,β-unsaturated/α-hetero) is 1. The quantitative estimate of drug-likeness (QED) is 0.432. The van der Waals surface area contributed by atoms with Gasteiger partial charge in [0, 0.05) is 17.7 Å². The first-order valence-corrected chi connectivity index (χ1v) is 13.1. The summed E-state index contributed by atoms with van der Waals surface area (Å²) in [6.45, 7) is 12.8. The molecule has 2 rings (SSSR count). The van der Waals surface area contributed by atoms with Crippen molar-refractivity contribution in [2.75, 3.05) is 0 Å². The molecule has 0 unspecified atom stereocenters. The van der Waals surface area contributed by atoms with Gasteiger partial charge in [-0.3, -0.25) is 9.59 Å². The second-order valence-electron chi connectivity index (χ2n) is 10.4. The molecule has 0 saturated carbocycles. The van der Waals surface area contributed by atoms with Crippen LogP contribution in [0.25, 0.3) is 6.08 Å². The largest absolute Gasteiger partial charge is 0.457 e. The van der Waals surface area contributed by atoms with E-state index in [0.29, 0.717) is 6.42 Å². The Morgan fingerprint density at radius 3 is 2.53 bits per heavy atom. The van der Waals surface area contributed by atoms with Gasteiger partial charge in [0.05, 0.1) is 34.7 Å². The summed E-state index contributed by atoms with van der Waals surface area (Å²) in [4.78, 5) is 30.5. The van der Waals surface area contributed by atoms with Crippen molar-refractivity contribution in [2.24, 2.45) is 17.3 Å². The van der Waals surface area contributed by atoms with Crippen molar-refractivity contribution < 1.29 is 24.5 Å². The van der Waals surface area contributed by atoms with Crippen LogP contribution in [-0.2, 0) is 14.3 Å². The molecule has 0 radical (unpaired) electrons. The van der Waals surface area contributed by atoms with E-state index in [2.05, 4.69) is 18.0 Å². The summed E-state index contributed by atoms with van der Waals surface area (Å²) in [5, 5.41) is 24.5. The highest BCUT2D eigenvalue weighted by Crippen LogP contribution is 2.32. The maximum atomic E-state index is 13.2. The van der Waals surface area contributed by atoms with Gasteiger partial charge in [-0.05, 0) is 57.6 Å². The lowest BCUT2D eigenvalue weighted by molar-refractivity contribution is -0.154. The number of cyclic esters (lactones) is 1. The van der Waals surface area contributed by atoms with Crippen LogP contribution in [0.2, 0.25) is 0 Å². The molecular weight excluding hydrogens is 450 g/mol. The van der Waals surface area contributed by atoms with E-state index in [9.17, 15) is 19.8 Å². The summed E-state index contributed by atoms with van der Waals surface area (Å²) < 4.78 is 5.81. The topological polar surface area (TPSA) is 96.7 Å². The maximum absolute atomic E-state index is 13.2. The van der Waals surface area contributed by atoms with E-state index >= 15 is 0 Å². The van der Waals surface area contributed by atoms with Gasteiger partial charge >= 0.3 is 5.97 Å². The third kappa shape index (κ3) is 7.59. The summed E-state index contributed by atoms with van der Waals surface area (Å²) >= 11 is 1.56. The van der Waals surface area contributed by atoms with Crippen LogP contribution in [0.15, 0.2) is 22.6 Å². The number of carbonyl (C=O) groups excluding carboxylic acids is 2. The van der Waals surface area contributed by atoms with Crippen LogP contribution in [0.1, 0.15) is 84.3 Å². The zero-order valence-electron chi connectivity index (χ0n) is 21.6. The van der Waals surface area contributed by atoms with Gasteiger partial charge in [0.15, 0.2) is 0 Å². The molecule has 0 amide bonds. The molecule has 1 aromatic heterocycles. The lowest BCUT2D eigenvalue weighted by Gasteiger charge is -2.34. The third-order valence-electron chi connectivity index (χ3n) is 7.04. The van der Waals surface area contributed by atoms with Crippen LogP contribution in [0.5, 0.6) is 0 Å². The number of hydrogen-bond donors (Lipinski definition) is 2. The van der Waals surface area contributed by atoms with Gasteiger partial charge in [-0.25, -0.2) is 4.98 Å². The Kier molecular flexibility index (Phi) is 10.2. The monoisotopic (exact) mass is 491 g/mol. The van der Waals surface area contributed by atoms with E-state index in [0.717, 1.165) is 35.5 Å². The van der Waals surface area contributed by atoms with E-state index in [-0.39, 0.29) is 18.1 Å². The second kappa shape index (κ2) is 12.2. The summed E-state index contributed by atoms with van der Waals surface area (Å²) in [5.41, 5.74) is 1.71. The van der Waals surface area contributed by atoms with Crippen LogP contribution in [0, 0.1) is 24.2 Å². The number of hydrogen-bond acceptors (Lipinski definition) is 7. The van der Waals surface area contributed by atoms with Crippen LogP contribution < -0.4 is 0 Å². The zero-order chi connectivity index (χ0) is 25.6. The number of nitrogens with zero attached hydrogens (tertiary/aromatic N) is 1. The lowest BCUT2D eigenvalue weighted by atomic mass is 9.73. The van der Waals surface area contributed by atoms with Gasteiger partial charge in [0.2, 0.25) is 0 Å². The molecule has 6 nitrogen and oxygen atoms in total. The number of aromatic nitrogens is 1. The Labute approximate surface area is 208 Å². The van der Waals surface area contributed by atoms with E-state index < -0.39 is 35.6 Å². The Morgan fingerprint density at radius 2 is 1.91 bits per heavy atom. The molecular formula is C27H41NO5S. The van der Waals surface area contributed by atoms with Crippen molar-refractivity contribution in [1.29, 1.82) is 0 Å². The fraction of sp³-hybridized carbons (Fsp3) is 0.667. The predicted octanol–water partition coefficient (Wildman–Crippen LogP) is 5.27. The molecule has 0 aliphatic carbocycles. The molecule has 0 saturated heterocycles. The number of aryl methyl sites for hydroxylation is 1. The zero-order valence-corrected chi connectivity index (χ0v) is 22.4. The Bertz CT molecular complexity index is 916. The molecule has 190 valence electrons. The standard InChI is InChI=1S/C27H41NO5S/c1-16-9-8-10-17(2)25(31)19(4)26(32)27(6,7)23(29)14-24(30)33-22(12-11-16)18(3)13-21-15-34-20(5)28-21/h11,13,15,17,19,22-23,25,29,31H,8-10,12,14H2,1-7H3/b16-11-,18-13-/t17-,19+,22+,23-,25-/m0/s1. The summed E-state index contributed by atoms with van der Waals surface area (Å²) in [6.07, 6.45) is 4.33. The Hall–Kier alpha value is -1.83. The van der Waals surface area contributed by atoms with Crippen molar-refractivity contribution in [3.63, 3.8) is 0 Å². The summed E-state index contributed by atoms with van der Waals surface area (Å²) in [7, 11) is 0. The fourth-order valence-corrected chi connectivity index (χ4v) is 4.97. The fourth-order valence-electron chi connectivity index (χ4n) is 4.40. The average molecular weight is 492 g/mol. The number of allylic oxidation sites excluding steroid dienone is 1. The normalized spacial score (nSPS) is 32.1. The van der Waals surface area contributed by atoms with Gasteiger partial charge in [-0.2, -0.15) is 0 Å². The number of aliphatic hydroxyl groups excluding tert-OH is 2. The number of aliphatic hydroxyl groups is 2. The lowest BCUT2D eigenvalue weighted by Crippen LogP contribution is -2.45. The average Bonchev–Trinajstić information content (AvgIpc) is 3.18. The molecule has 2 N–H and O–H groups in total. The minimum Gasteiger partial charge on any atom is -0.457 e. The van der Waals surface area contributed by atoms with Crippen molar-refractivity contribution >= 4 is 29.2 Å². The summed E-state index contributed by atoms with van der Waals surface area (Å²) in [5.74, 6) is -1.49. The summed E-state index contributed by atoms with van der Waals surface area (Å²) in [6, 6.07) is 0. The molecule has 7 heteroatoms. The van der Waals surface area contributed by atoms with Crippen molar-refractivity contribution in [3.8, 4) is 0 Å². The van der Waals surface area contributed by atoms with Gasteiger partial charge in [0.1, 0.15) is 11.9 Å². The molecule has 1 aliphatic heterocycles.